The molecule has 20 heavy (non-hydrogen) atoms. The fourth-order valence-corrected chi connectivity index (χ4v) is 2.83. The molecule has 1 saturated carbocycles. The van der Waals surface area contributed by atoms with E-state index in [0.29, 0.717) is 18.3 Å². The van der Waals surface area contributed by atoms with Gasteiger partial charge in [0, 0.05) is 31.5 Å². The summed E-state index contributed by atoms with van der Waals surface area (Å²) in [5.74, 6) is 2.18. The highest BCUT2D eigenvalue weighted by Gasteiger charge is 2.28. The molecule has 1 aromatic rings. The number of hydrogen-bond acceptors (Lipinski definition) is 4. The first-order chi connectivity index (χ1) is 9.61. The van der Waals surface area contributed by atoms with Crippen molar-refractivity contribution in [1.29, 1.82) is 0 Å². The van der Waals surface area contributed by atoms with Gasteiger partial charge in [0.05, 0.1) is 0 Å². The number of nitrogens with two attached hydrogens (primary N) is 1. The Balaban J connectivity index is 1.68. The summed E-state index contributed by atoms with van der Waals surface area (Å²) in [7, 11) is 0. The Bertz CT molecular complexity index is 557. The monoisotopic (exact) mass is 276 g/mol. The Kier molecular flexibility index (Phi) is 3.46. The molecular weight excluding hydrogens is 256 g/mol. The lowest BCUT2D eigenvalue weighted by atomic mass is 9.93. The van der Waals surface area contributed by atoms with Crippen LogP contribution in [-0.4, -0.2) is 29.0 Å². The van der Waals surface area contributed by atoms with Gasteiger partial charge in [0.25, 0.3) is 5.56 Å². The quantitative estimate of drug-likeness (QED) is 0.848. The smallest absolute Gasteiger partial charge is 0.252 e. The van der Waals surface area contributed by atoms with Crippen molar-refractivity contribution in [3.8, 4) is 0 Å². The molecule has 0 aromatic carbocycles. The second-order valence-electron chi connectivity index (χ2n) is 5.86. The van der Waals surface area contributed by atoms with Crippen LogP contribution in [0.2, 0.25) is 0 Å². The molecule has 2 aliphatic rings. The highest BCUT2D eigenvalue weighted by molar-refractivity contribution is 5.74. The zero-order valence-electron chi connectivity index (χ0n) is 11.5. The van der Waals surface area contributed by atoms with Crippen LogP contribution in [0.15, 0.2) is 10.9 Å². The third-order valence-corrected chi connectivity index (χ3v) is 4.14. The lowest BCUT2D eigenvalue weighted by Crippen LogP contribution is -2.36. The summed E-state index contributed by atoms with van der Waals surface area (Å²) in [5.41, 5.74) is 5.17. The maximum atomic E-state index is 11.7. The van der Waals surface area contributed by atoms with Crippen molar-refractivity contribution in [2.45, 2.75) is 38.0 Å². The van der Waals surface area contributed by atoms with Crippen LogP contribution in [-0.2, 0) is 4.79 Å². The van der Waals surface area contributed by atoms with Crippen molar-refractivity contribution in [3.05, 3.63) is 22.2 Å². The van der Waals surface area contributed by atoms with Crippen LogP contribution in [0.25, 0.3) is 0 Å². The van der Waals surface area contributed by atoms with E-state index in [1.165, 1.54) is 0 Å². The summed E-state index contributed by atoms with van der Waals surface area (Å²) < 4.78 is 0. The van der Waals surface area contributed by atoms with E-state index >= 15 is 0 Å². The molecule has 108 valence electrons. The highest BCUT2D eigenvalue weighted by atomic mass is 16.1. The zero-order chi connectivity index (χ0) is 14.1. The number of anilines is 1. The average molecular weight is 276 g/mol. The van der Waals surface area contributed by atoms with Gasteiger partial charge in [-0.25, -0.2) is 4.98 Å². The Labute approximate surface area is 117 Å². The van der Waals surface area contributed by atoms with Crippen LogP contribution in [0.4, 0.5) is 5.82 Å². The number of H-pyrrole nitrogens is 1. The maximum Gasteiger partial charge on any atom is 0.252 e. The largest absolute Gasteiger partial charge is 0.370 e. The van der Waals surface area contributed by atoms with Gasteiger partial charge < -0.3 is 15.6 Å². The van der Waals surface area contributed by atoms with Crippen molar-refractivity contribution >= 4 is 11.7 Å². The van der Waals surface area contributed by atoms with Gasteiger partial charge in [-0.05, 0) is 31.6 Å². The molecule has 1 aliphatic carbocycles. The van der Waals surface area contributed by atoms with E-state index in [1.54, 1.807) is 6.07 Å². The van der Waals surface area contributed by atoms with Crippen molar-refractivity contribution in [3.63, 3.8) is 0 Å². The predicted molar refractivity (Wildman–Crippen MR) is 75.6 cm³/mol. The highest BCUT2D eigenvalue weighted by Crippen LogP contribution is 2.38. The molecule has 2 fully saturated rings. The van der Waals surface area contributed by atoms with Gasteiger partial charge in [0.2, 0.25) is 5.91 Å². The Hall–Kier alpha value is -1.85. The minimum absolute atomic E-state index is 0.0730. The van der Waals surface area contributed by atoms with E-state index in [0.717, 1.165) is 50.4 Å². The van der Waals surface area contributed by atoms with E-state index in [-0.39, 0.29) is 11.5 Å². The summed E-state index contributed by atoms with van der Waals surface area (Å²) >= 11 is 0. The van der Waals surface area contributed by atoms with E-state index in [4.69, 9.17) is 5.73 Å². The molecule has 0 bridgehead atoms. The van der Waals surface area contributed by atoms with Crippen molar-refractivity contribution < 1.29 is 4.79 Å². The number of aromatic amines is 1. The Morgan fingerprint density at radius 1 is 1.35 bits per heavy atom. The molecule has 0 atom stereocenters. The topological polar surface area (TPSA) is 92.1 Å². The molecule has 6 nitrogen and oxygen atoms in total. The van der Waals surface area contributed by atoms with Crippen LogP contribution in [0.3, 0.4) is 0 Å². The zero-order valence-corrected chi connectivity index (χ0v) is 11.5. The molecule has 0 spiro atoms. The molecule has 1 saturated heterocycles. The molecule has 0 unspecified atom stereocenters. The van der Waals surface area contributed by atoms with Gasteiger partial charge in [-0.2, -0.15) is 0 Å². The number of primary amides is 1. The van der Waals surface area contributed by atoms with E-state index in [9.17, 15) is 9.59 Å². The van der Waals surface area contributed by atoms with Gasteiger partial charge in [-0.15, -0.1) is 0 Å². The molecule has 0 radical (unpaired) electrons. The molecular formula is C14H20N4O2. The fourth-order valence-electron chi connectivity index (χ4n) is 2.83. The van der Waals surface area contributed by atoms with Crippen LogP contribution >= 0.6 is 0 Å². The number of rotatable bonds is 4. The first kappa shape index (κ1) is 13.1. The maximum absolute atomic E-state index is 11.7. The number of piperidine rings is 1. The first-order valence-electron chi connectivity index (χ1n) is 7.26. The molecule has 1 amide bonds. The number of nitrogens with one attached hydrogen (secondary N) is 1. The Morgan fingerprint density at radius 2 is 2.05 bits per heavy atom. The van der Waals surface area contributed by atoms with Crippen molar-refractivity contribution in [2.24, 2.45) is 11.7 Å². The summed E-state index contributed by atoms with van der Waals surface area (Å²) in [6.07, 6.45) is 4.55. The molecule has 2 heterocycles. The second kappa shape index (κ2) is 5.26. The number of carbonyl (C=O) groups is 1. The summed E-state index contributed by atoms with van der Waals surface area (Å²) in [4.78, 5) is 32.2. The van der Waals surface area contributed by atoms with Crippen molar-refractivity contribution in [2.75, 3.05) is 18.0 Å². The van der Waals surface area contributed by atoms with Crippen LogP contribution in [0.5, 0.6) is 0 Å². The van der Waals surface area contributed by atoms with E-state index in [2.05, 4.69) is 14.9 Å². The molecule has 3 N–H and O–H groups in total. The van der Waals surface area contributed by atoms with Crippen LogP contribution in [0.1, 0.15) is 43.8 Å². The number of hydrogen-bond donors (Lipinski definition) is 2. The minimum atomic E-state index is -0.228. The lowest BCUT2D eigenvalue weighted by molar-refractivity contribution is -0.119. The minimum Gasteiger partial charge on any atom is -0.370 e. The van der Waals surface area contributed by atoms with Crippen LogP contribution < -0.4 is 16.2 Å². The van der Waals surface area contributed by atoms with Gasteiger partial charge in [-0.1, -0.05) is 0 Å². The average Bonchev–Trinajstić information content (AvgIpc) is 3.22. The summed E-state index contributed by atoms with van der Waals surface area (Å²) in [6, 6.07) is 1.57. The fraction of sp³-hybridized carbons (Fsp3) is 0.643. The van der Waals surface area contributed by atoms with Crippen LogP contribution in [0, 0.1) is 5.92 Å². The predicted octanol–water partition coefficient (Wildman–Crippen LogP) is 0.739. The number of amides is 1. The van der Waals surface area contributed by atoms with E-state index in [1.807, 2.05) is 0 Å². The number of aromatic nitrogens is 2. The lowest BCUT2D eigenvalue weighted by Gasteiger charge is -2.32. The van der Waals surface area contributed by atoms with Gasteiger partial charge in [0.1, 0.15) is 11.6 Å². The van der Waals surface area contributed by atoms with Gasteiger partial charge >= 0.3 is 0 Å². The van der Waals surface area contributed by atoms with E-state index < -0.39 is 0 Å². The SMILES string of the molecule is NC(=O)CC1CCN(c2cc(=O)[nH]c(C3CC3)n2)CC1. The summed E-state index contributed by atoms with van der Waals surface area (Å²) in [6.45, 7) is 1.66. The molecule has 3 rings (SSSR count). The van der Waals surface area contributed by atoms with Gasteiger partial charge in [0.15, 0.2) is 0 Å². The third-order valence-electron chi connectivity index (χ3n) is 4.14. The van der Waals surface area contributed by atoms with Gasteiger partial charge in [-0.3, -0.25) is 9.59 Å². The third kappa shape index (κ3) is 3.00. The molecule has 6 heteroatoms. The normalized spacial score (nSPS) is 20.1. The first-order valence-corrected chi connectivity index (χ1v) is 7.26. The number of carbonyl (C=O) groups excluding carboxylic acids is 1. The molecule has 1 aliphatic heterocycles. The summed E-state index contributed by atoms with van der Waals surface area (Å²) in [5, 5.41) is 0. The van der Waals surface area contributed by atoms with Crippen molar-refractivity contribution in [1.82, 2.24) is 9.97 Å². The second-order valence-corrected chi connectivity index (χ2v) is 5.86. The standard InChI is InChI=1S/C14H20N4O2/c15-11(19)7-9-3-5-18(6-4-9)12-8-13(20)17-14(16-12)10-1-2-10/h8-10H,1-7H2,(H2,15,19)(H,16,17,20). The Morgan fingerprint density at radius 3 is 2.65 bits per heavy atom. The number of nitrogens with zero attached hydrogens (tertiary/aromatic N) is 2. The molecule has 1 aromatic heterocycles.